The molecule has 0 aliphatic heterocycles. The number of nitrogens with zero attached hydrogens (tertiary/aromatic N) is 1. The minimum atomic E-state index is -1.17. The van der Waals surface area contributed by atoms with Gasteiger partial charge in [-0.05, 0) is 215 Å². The quantitative estimate of drug-likeness (QED) is 0.0165. The van der Waals surface area contributed by atoms with E-state index in [4.69, 9.17) is 0 Å². The van der Waals surface area contributed by atoms with Crippen LogP contribution in [0.5, 0.6) is 0 Å². The highest BCUT2D eigenvalue weighted by molar-refractivity contribution is 7.17. The summed E-state index contributed by atoms with van der Waals surface area (Å²) in [7, 11) is 0. The molecule has 5 nitrogen and oxygen atoms in total. The van der Waals surface area contributed by atoms with E-state index in [2.05, 4.69) is 180 Å². The van der Waals surface area contributed by atoms with Gasteiger partial charge in [0.2, 0.25) is 0 Å². The number of aryl methyl sites for hydroxylation is 4. The van der Waals surface area contributed by atoms with E-state index in [0.29, 0.717) is 9.75 Å². The third kappa shape index (κ3) is 19.1. The maximum absolute atomic E-state index is 15.2. The fraction of sp³-hybridized carbons (Fsp3) is 0.443. The molecule has 4 aliphatic rings. The number of unbranched alkanes of at least 4 members (excludes halogenated alkanes) is 30. The molecule has 4 aliphatic carbocycles. The normalized spacial score (nSPS) is 14.1. The van der Waals surface area contributed by atoms with E-state index >= 15 is 17.6 Å². The number of aromatic nitrogens is 1. The van der Waals surface area contributed by atoms with Gasteiger partial charge in [-0.1, -0.05) is 344 Å². The van der Waals surface area contributed by atoms with Crippen LogP contribution in [0.3, 0.4) is 0 Å². The first-order valence-corrected chi connectivity index (χ1v) is 50.7. The molecule has 0 atom stereocenters. The fourth-order valence-corrected chi connectivity index (χ4v) is 23.7. The topological polar surface area (TPSA) is 73.2 Å². The van der Waals surface area contributed by atoms with Gasteiger partial charge in [0, 0.05) is 58.6 Å². The molecule has 0 spiro atoms. The van der Waals surface area contributed by atoms with Crippen molar-refractivity contribution in [1.29, 1.82) is 0 Å². The average Bonchev–Trinajstić information content (AvgIpc) is 1.51. The number of Topliss-reactive ketones (excluding diaryl/α,β-unsaturated/α-hetero) is 4. The number of ketones is 4. The van der Waals surface area contributed by atoms with Crippen molar-refractivity contribution in [3.05, 3.63) is 291 Å². The molecule has 0 radical (unpaired) electrons. The first-order valence-electron chi connectivity index (χ1n) is 49.0. The zero-order valence-corrected chi connectivity index (χ0v) is 77.5. The number of hydrogen-bond donors (Lipinski definition) is 0. The Labute approximate surface area is 755 Å². The molecule has 126 heavy (non-hydrogen) atoms. The number of carbonyl (C=O) groups excluding carboxylic acids is 4. The lowest BCUT2D eigenvalue weighted by Gasteiger charge is -2.34. The monoisotopic (exact) mass is 1730 g/mol. The molecule has 11 heteroatoms. The summed E-state index contributed by atoms with van der Waals surface area (Å²) in [6, 6.07) is 55.9. The third-order valence-electron chi connectivity index (χ3n) is 28.3. The summed E-state index contributed by atoms with van der Waals surface area (Å²) in [5.74, 6) is -7.18. The van der Waals surface area contributed by atoms with E-state index in [1.165, 1.54) is 202 Å². The van der Waals surface area contributed by atoms with Crippen molar-refractivity contribution in [2.75, 3.05) is 0 Å². The van der Waals surface area contributed by atoms with E-state index in [1.54, 1.807) is 34.8 Å². The Morgan fingerprint density at radius 1 is 0.286 bits per heavy atom. The molecule has 0 saturated heterocycles. The summed E-state index contributed by atoms with van der Waals surface area (Å²) in [5.41, 5.74) is 15.7. The maximum atomic E-state index is 15.2. The Kier molecular flexibility index (Phi) is 31.1. The average molecular weight is 1730 g/mol. The van der Waals surface area contributed by atoms with Crippen molar-refractivity contribution in [1.82, 2.24) is 4.57 Å². The number of thiophene rings is 2. The minimum Gasteiger partial charge on any atom is -0.337 e. The Morgan fingerprint density at radius 3 is 0.794 bits per heavy atom. The Bertz CT molecular complexity index is 5180. The van der Waals surface area contributed by atoms with Crippen LogP contribution in [0.4, 0.5) is 17.6 Å². The van der Waals surface area contributed by atoms with Crippen LogP contribution in [0.25, 0.3) is 54.8 Å². The van der Waals surface area contributed by atoms with E-state index < -0.39 is 57.2 Å². The van der Waals surface area contributed by atoms with E-state index in [-0.39, 0.29) is 39.4 Å². The van der Waals surface area contributed by atoms with Crippen LogP contribution < -0.4 is 0 Å². The molecule has 3 heterocycles. The van der Waals surface area contributed by atoms with Gasteiger partial charge in [-0.15, -0.1) is 22.7 Å². The molecule has 660 valence electrons. The van der Waals surface area contributed by atoms with Crippen molar-refractivity contribution < 1.29 is 36.7 Å². The lowest BCUT2D eigenvalue weighted by atomic mass is 9.67. The summed E-state index contributed by atoms with van der Waals surface area (Å²) in [6.07, 6.45) is 51.7. The molecule has 0 saturated carbocycles. The van der Waals surface area contributed by atoms with Gasteiger partial charge in [-0.2, -0.15) is 0 Å². The van der Waals surface area contributed by atoms with Gasteiger partial charge in [0.1, 0.15) is 0 Å². The first-order chi connectivity index (χ1) is 61.6. The number of rotatable bonds is 49. The van der Waals surface area contributed by atoms with Crippen LogP contribution in [0.2, 0.25) is 0 Å². The van der Waals surface area contributed by atoms with Crippen molar-refractivity contribution in [2.45, 2.75) is 328 Å². The van der Waals surface area contributed by atoms with Gasteiger partial charge in [0.25, 0.3) is 0 Å². The van der Waals surface area contributed by atoms with Crippen molar-refractivity contribution >= 4 is 79.8 Å². The van der Waals surface area contributed by atoms with E-state index in [1.807, 2.05) is 0 Å². The summed E-state index contributed by atoms with van der Waals surface area (Å²) in [5, 5.41) is 2.29. The largest absolute Gasteiger partial charge is 0.337 e. The molecule has 0 N–H and O–H groups in total. The molecular weight excluding hydrogens is 1600 g/mol. The lowest BCUT2D eigenvalue weighted by Crippen LogP contribution is -2.28. The van der Waals surface area contributed by atoms with Crippen molar-refractivity contribution in [3.8, 4) is 20.9 Å². The molecule has 0 amide bonds. The predicted octanol–water partition coefficient (Wildman–Crippen LogP) is 33.8. The number of allylic oxidation sites excluding steroid dienone is 2. The zero-order chi connectivity index (χ0) is 87.9. The molecule has 3 aromatic heterocycles. The van der Waals surface area contributed by atoms with Crippen LogP contribution >= 0.6 is 22.7 Å². The second kappa shape index (κ2) is 42.8. The molecule has 11 aromatic rings. The highest BCUT2D eigenvalue weighted by Gasteiger charge is 2.51. The highest BCUT2D eigenvalue weighted by Crippen LogP contribution is 2.64. The van der Waals surface area contributed by atoms with Gasteiger partial charge in [0.05, 0.1) is 33.0 Å². The number of hydrogen-bond acceptors (Lipinski definition) is 6. The summed E-state index contributed by atoms with van der Waals surface area (Å²) in [6.45, 7) is 13.6. The minimum absolute atomic E-state index is 0.0742. The Balaban J connectivity index is 1.01. The summed E-state index contributed by atoms with van der Waals surface area (Å²) < 4.78 is 63.4. The van der Waals surface area contributed by atoms with Crippen LogP contribution in [-0.4, -0.2) is 27.7 Å². The fourth-order valence-electron chi connectivity index (χ4n) is 21.3. The highest BCUT2D eigenvalue weighted by atomic mass is 32.1. The Hall–Kier alpha value is -9.16. The van der Waals surface area contributed by atoms with E-state index in [0.717, 1.165) is 201 Å². The van der Waals surface area contributed by atoms with Gasteiger partial charge >= 0.3 is 0 Å². The van der Waals surface area contributed by atoms with Gasteiger partial charge in [-0.25, -0.2) is 17.6 Å². The van der Waals surface area contributed by atoms with Crippen molar-refractivity contribution in [3.63, 3.8) is 0 Å². The SMILES string of the molecule is CCCCCCCCc1ccc(C2(c3ccc(CCCCCCCC)cc3)c3cc4c5cc6c(cc5n(C(CCCCCCCC)CCCCCCCC)c4cc3-c3sc(C=C4C(=O)c5cc(F)c(F)cc5C4=O)cc32)-c2sc(C=C3C(=O)c4cc(F)c(F)cc4C3=O)cc2C6(c2ccc(CCCCCCCC)cc2)c2ccc(CCCCCCCC)cc2)cc1. The molecule has 0 unspecified atom stereocenters. The molecule has 0 fully saturated rings. The van der Waals surface area contributed by atoms with Crippen LogP contribution in [0, 0.1) is 23.3 Å². The number of halogens is 4. The number of fused-ring (bicyclic) bond motifs is 11. The summed E-state index contributed by atoms with van der Waals surface area (Å²) in [4.78, 5) is 61.9. The number of carbonyl (C=O) groups is 4. The second-order valence-corrected chi connectivity index (χ2v) is 39.3. The molecule has 8 aromatic carbocycles. The summed E-state index contributed by atoms with van der Waals surface area (Å²) >= 11 is 3.14. The van der Waals surface area contributed by atoms with Gasteiger partial charge in [-0.3, -0.25) is 19.2 Å². The molecular formula is C115H131F4NO4S2. The maximum Gasteiger partial charge on any atom is 0.197 e. The van der Waals surface area contributed by atoms with E-state index in [9.17, 15) is 19.2 Å². The zero-order valence-electron chi connectivity index (χ0n) is 75.9. The van der Waals surface area contributed by atoms with Crippen LogP contribution in [-0.2, 0) is 36.5 Å². The number of benzene rings is 8. The smallest absolute Gasteiger partial charge is 0.197 e. The second-order valence-electron chi connectivity index (χ2n) is 37.2. The first kappa shape index (κ1) is 91.6. The Morgan fingerprint density at radius 2 is 0.532 bits per heavy atom. The van der Waals surface area contributed by atoms with Gasteiger partial charge in [0.15, 0.2) is 46.4 Å². The molecule has 0 bridgehead atoms. The lowest BCUT2D eigenvalue weighted by molar-refractivity contribution is 0.0975. The standard InChI is InChI=1S/C115H131F4NO4S2/c1-7-13-19-25-31-37-43-77-49-57-81(58-50-77)114(82-59-51-78(52-60-82)44-38-32-26-20-14-8-2)98-69-88-89-70-99-95(76-107(89)120(85(47-41-35-29-23-17-11-5)48-42-36-30-24-18-12-6)106(88)75-94(98)112-100(114)67-86(125-112)65-96-108(121)90-71-102(116)103(117)72-91(90)109(96)122)113-101(68-87(126-113)66-97-110(123)92-73-104(118)105(119)74-93(92)111(97)124)115(99,83-61-53-79(54-62-83)45-39-33-27-21-15-9-3)84-63-55-80(56-64-84)46-40-34-28-22-16-10-4/h49-76,85H,7-48H2,1-6H3. The van der Waals surface area contributed by atoms with Crippen LogP contribution in [0.15, 0.2) is 169 Å². The predicted molar refractivity (Wildman–Crippen MR) is 519 cm³/mol. The van der Waals surface area contributed by atoms with Crippen molar-refractivity contribution in [2.24, 2.45) is 0 Å². The molecule has 15 rings (SSSR count). The van der Waals surface area contributed by atoms with Gasteiger partial charge < -0.3 is 4.57 Å². The third-order valence-corrected chi connectivity index (χ3v) is 30.5. The van der Waals surface area contributed by atoms with Crippen LogP contribution in [0.1, 0.15) is 410 Å².